The largest absolute Gasteiger partial charge is 0.383 e. The van der Waals surface area contributed by atoms with Crippen LogP contribution in [0.4, 0.5) is 0 Å². The van der Waals surface area contributed by atoms with Crippen LogP contribution in [0.2, 0.25) is 0 Å². The van der Waals surface area contributed by atoms with Crippen molar-refractivity contribution in [3.63, 3.8) is 0 Å². The van der Waals surface area contributed by atoms with Crippen LogP contribution in [0.5, 0.6) is 0 Å². The number of amides is 1. The maximum Gasteiger partial charge on any atom is 0.234 e. The van der Waals surface area contributed by atoms with E-state index in [1.165, 1.54) is 5.56 Å². The number of aliphatic imine (C=N–C) groups is 1. The molecule has 0 aliphatic carbocycles. The molecule has 0 saturated carbocycles. The van der Waals surface area contributed by atoms with Crippen molar-refractivity contribution in [2.24, 2.45) is 4.99 Å². The van der Waals surface area contributed by atoms with Crippen molar-refractivity contribution in [3.8, 4) is 0 Å². The van der Waals surface area contributed by atoms with Crippen LogP contribution in [0, 0.1) is 0 Å². The highest BCUT2D eigenvalue weighted by atomic mass is 127. The first kappa shape index (κ1) is 29.6. The van der Waals surface area contributed by atoms with E-state index in [0.29, 0.717) is 25.7 Å². The highest BCUT2D eigenvalue weighted by Gasteiger charge is 2.21. The summed E-state index contributed by atoms with van der Waals surface area (Å²) in [5.41, 5.74) is 1.34. The molecule has 1 aliphatic heterocycles. The lowest BCUT2D eigenvalue weighted by Crippen LogP contribution is -2.54. The van der Waals surface area contributed by atoms with Crippen LogP contribution in [0.3, 0.4) is 0 Å². The fourth-order valence-corrected chi connectivity index (χ4v) is 3.70. The smallest absolute Gasteiger partial charge is 0.234 e. The Morgan fingerprint density at radius 3 is 2.52 bits per heavy atom. The number of hydrogen-bond acceptors (Lipinski definition) is 5. The van der Waals surface area contributed by atoms with Crippen molar-refractivity contribution in [1.29, 1.82) is 0 Å². The standard InChI is InChI=1S/C24H42N6O2.HI/c1-5-25-24(27-12-11-21(2)28(3)19-22-9-7-6-8-10-22)30-16-14-29(15-17-30)20-23(31)26-13-18-32-4;/h6-10,21H,5,11-20H2,1-4H3,(H,25,27)(H,26,31);1H. The Kier molecular flexibility index (Phi) is 15.3. The summed E-state index contributed by atoms with van der Waals surface area (Å²) < 4.78 is 4.97. The molecular formula is C24H43IN6O2. The number of halogens is 1. The highest BCUT2D eigenvalue weighted by Crippen LogP contribution is 2.09. The van der Waals surface area contributed by atoms with Crippen LogP contribution in [-0.4, -0.2) is 106 Å². The molecule has 1 aromatic rings. The van der Waals surface area contributed by atoms with Crippen molar-refractivity contribution >= 4 is 35.8 Å². The van der Waals surface area contributed by atoms with E-state index in [-0.39, 0.29) is 29.9 Å². The summed E-state index contributed by atoms with van der Waals surface area (Å²) in [5, 5.41) is 6.32. The maximum atomic E-state index is 12.0. The van der Waals surface area contributed by atoms with Gasteiger partial charge in [-0.2, -0.15) is 0 Å². The average molecular weight is 575 g/mol. The second kappa shape index (κ2) is 17.1. The van der Waals surface area contributed by atoms with E-state index < -0.39 is 0 Å². The third kappa shape index (κ3) is 11.5. The molecule has 2 rings (SSSR count). The Morgan fingerprint density at radius 2 is 1.88 bits per heavy atom. The number of methoxy groups -OCH3 is 1. The molecule has 0 radical (unpaired) electrons. The second-order valence-corrected chi connectivity index (χ2v) is 8.38. The third-order valence-corrected chi connectivity index (χ3v) is 5.84. The minimum absolute atomic E-state index is 0. The molecule has 1 heterocycles. The molecule has 8 nitrogen and oxygen atoms in total. The van der Waals surface area contributed by atoms with Crippen molar-refractivity contribution in [2.75, 3.05) is 73.1 Å². The van der Waals surface area contributed by atoms with Gasteiger partial charge in [0.1, 0.15) is 0 Å². The lowest BCUT2D eigenvalue weighted by Gasteiger charge is -2.36. The Balaban J connectivity index is 0.00000544. The number of carbonyl (C=O) groups is 1. The quantitative estimate of drug-likeness (QED) is 0.172. The molecule has 1 saturated heterocycles. The van der Waals surface area contributed by atoms with Crippen LogP contribution in [-0.2, 0) is 16.1 Å². The van der Waals surface area contributed by atoms with E-state index in [2.05, 4.69) is 76.6 Å². The molecule has 0 spiro atoms. The van der Waals surface area contributed by atoms with Gasteiger partial charge in [-0.3, -0.25) is 19.6 Å². The molecule has 33 heavy (non-hydrogen) atoms. The molecule has 0 aromatic heterocycles. The number of guanidine groups is 1. The Bertz CT molecular complexity index is 683. The molecule has 9 heteroatoms. The first-order chi connectivity index (χ1) is 15.5. The van der Waals surface area contributed by atoms with Crippen LogP contribution in [0.15, 0.2) is 35.3 Å². The summed E-state index contributed by atoms with van der Waals surface area (Å²) >= 11 is 0. The van der Waals surface area contributed by atoms with Gasteiger partial charge in [0.05, 0.1) is 13.2 Å². The van der Waals surface area contributed by atoms with Crippen LogP contribution in [0.25, 0.3) is 0 Å². The molecule has 1 amide bonds. The summed E-state index contributed by atoms with van der Waals surface area (Å²) in [4.78, 5) is 23.8. The number of ether oxygens (including phenoxy) is 1. The molecule has 1 fully saturated rings. The van der Waals surface area contributed by atoms with E-state index in [0.717, 1.165) is 58.2 Å². The van der Waals surface area contributed by atoms with Crippen molar-refractivity contribution in [1.82, 2.24) is 25.3 Å². The van der Waals surface area contributed by atoms with Gasteiger partial charge in [0.15, 0.2) is 5.96 Å². The predicted molar refractivity (Wildman–Crippen MR) is 146 cm³/mol. The van der Waals surface area contributed by atoms with E-state index in [9.17, 15) is 4.79 Å². The average Bonchev–Trinajstić information content (AvgIpc) is 2.80. The SMILES string of the molecule is CCNC(=NCCC(C)N(C)Cc1ccccc1)N1CCN(CC(=O)NCCOC)CC1.I. The molecule has 188 valence electrons. The zero-order valence-electron chi connectivity index (χ0n) is 20.8. The normalized spacial score (nSPS) is 15.8. The summed E-state index contributed by atoms with van der Waals surface area (Å²) in [6.45, 7) is 12.0. The first-order valence-corrected chi connectivity index (χ1v) is 11.8. The summed E-state index contributed by atoms with van der Waals surface area (Å²) in [6.07, 6.45) is 1.01. The van der Waals surface area contributed by atoms with Gasteiger partial charge < -0.3 is 20.3 Å². The van der Waals surface area contributed by atoms with Gasteiger partial charge in [-0.25, -0.2) is 0 Å². The van der Waals surface area contributed by atoms with Gasteiger partial charge in [-0.05, 0) is 32.9 Å². The van der Waals surface area contributed by atoms with Crippen molar-refractivity contribution < 1.29 is 9.53 Å². The highest BCUT2D eigenvalue weighted by molar-refractivity contribution is 14.0. The lowest BCUT2D eigenvalue weighted by atomic mass is 10.1. The van der Waals surface area contributed by atoms with Gasteiger partial charge in [0.2, 0.25) is 5.91 Å². The van der Waals surface area contributed by atoms with Crippen LogP contribution in [0.1, 0.15) is 25.8 Å². The summed E-state index contributed by atoms with van der Waals surface area (Å²) in [7, 11) is 3.82. The fourth-order valence-electron chi connectivity index (χ4n) is 3.70. The zero-order chi connectivity index (χ0) is 23.2. The van der Waals surface area contributed by atoms with Gasteiger partial charge >= 0.3 is 0 Å². The Labute approximate surface area is 217 Å². The molecular weight excluding hydrogens is 531 g/mol. The molecule has 1 atom stereocenters. The number of hydrogen-bond donors (Lipinski definition) is 2. The van der Waals surface area contributed by atoms with Crippen molar-refractivity contribution in [2.45, 2.75) is 32.9 Å². The monoisotopic (exact) mass is 574 g/mol. The maximum absolute atomic E-state index is 12.0. The third-order valence-electron chi connectivity index (χ3n) is 5.84. The minimum atomic E-state index is 0. The van der Waals surface area contributed by atoms with E-state index in [1.807, 2.05) is 0 Å². The van der Waals surface area contributed by atoms with E-state index >= 15 is 0 Å². The molecule has 1 unspecified atom stereocenters. The summed E-state index contributed by atoms with van der Waals surface area (Å²) in [6, 6.07) is 11.0. The number of rotatable bonds is 12. The zero-order valence-corrected chi connectivity index (χ0v) is 23.1. The Morgan fingerprint density at radius 1 is 1.18 bits per heavy atom. The molecule has 1 aromatic carbocycles. The number of carbonyl (C=O) groups excluding carboxylic acids is 1. The van der Waals surface area contributed by atoms with Crippen LogP contribution >= 0.6 is 24.0 Å². The topological polar surface area (TPSA) is 72.4 Å². The van der Waals surface area contributed by atoms with Gasteiger partial charge in [-0.1, -0.05) is 30.3 Å². The van der Waals surface area contributed by atoms with Crippen LogP contribution < -0.4 is 10.6 Å². The molecule has 1 aliphatic rings. The first-order valence-electron chi connectivity index (χ1n) is 11.8. The minimum Gasteiger partial charge on any atom is -0.383 e. The molecule has 0 bridgehead atoms. The number of nitrogens with one attached hydrogen (secondary N) is 2. The summed E-state index contributed by atoms with van der Waals surface area (Å²) in [5.74, 6) is 1.04. The van der Waals surface area contributed by atoms with Crippen molar-refractivity contribution in [3.05, 3.63) is 35.9 Å². The van der Waals surface area contributed by atoms with Gasteiger partial charge in [0.25, 0.3) is 0 Å². The van der Waals surface area contributed by atoms with E-state index in [1.54, 1.807) is 7.11 Å². The van der Waals surface area contributed by atoms with Gasteiger partial charge in [-0.15, -0.1) is 24.0 Å². The van der Waals surface area contributed by atoms with E-state index in [4.69, 9.17) is 9.73 Å². The lowest BCUT2D eigenvalue weighted by molar-refractivity contribution is -0.122. The predicted octanol–water partition coefficient (Wildman–Crippen LogP) is 1.86. The number of benzene rings is 1. The number of nitrogens with zero attached hydrogens (tertiary/aromatic N) is 4. The molecule has 2 N–H and O–H groups in total. The Hall–Kier alpha value is -1.43. The second-order valence-electron chi connectivity index (χ2n) is 8.38. The number of piperazine rings is 1. The van der Waals surface area contributed by atoms with Gasteiger partial charge in [0, 0.05) is 65.5 Å². The fraction of sp³-hybridized carbons (Fsp3) is 0.667.